The smallest absolute Gasteiger partial charge is 0.344 e. The first-order chi connectivity index (χ1) is 19.4. The van der Waals surface area contributed by atoms with Crippen LogP contribution in [0.2, 0.25) is 0 Å². The number of hydrogen-bond acceptors (Lipinski definition) is 16. The summed E-state index contributed by atoms with van der Waals surface area (Å²) >= 11 is 3.25. The van der Waals surface area contributed by atoms with Gasteiger partial charge in [-0.3, -0.25) is 15.4 Å². The van der Waals surface area contributed by atoms with Crippen molar-refractivity contribution < 1.29 is 38.9 Å². The van der Waals surface area contributed by atoms with E-state index in [1.807, 2.05) is 0 Å². The molecule has 2 aromatic heterocycles. The van der Waals surface area contributed by atoms with E-state index in [1.54, 1.807) is 14.0 Å². The van der Waals surface area contributed by atoms with Crippen LogP contribution in [0.1, 0.15) is 11.3 Å². The van der Waals surface area contributed by atoms with E-state index in [1.165, 1.54) is 26.7 Å². The van der Waals surface area contributed by atoms with Gasteiger partial charge in [-0.2, -0.15) is 0 Å². The SMILES string of the molecule is CNc1c(C)c(N)nc(SCC2(C(=O)[O-])CS[C@@H]3C(NC(=O)C(=NOCC(=O)O)c4csc(N)n4)C(=O)N3C2)[n+]1N. The molecule has 41 heavy (non-hydrogen) atoms. The molecule has 0 radical (unpaired) electrons. The van der Waals surface area contributed by atoms with Crippen molar-refractivity contribution in [3.05, 3.63) is 16.6 Å². The number of carbonyl (C=O) groups excluding carboxylic acids is 3. The Morgan fingerprint density at radius 2 is 2.12 bits per heavy atom. The van der Waals surface area contributed by atoms with Crippen molar-refractivity contribution in [3.63, 3.8) is 0 Å². The maximum Gasteiger partial charge on any atom is 0.344 e. The second kappa shape index (κ2) is 11.8. The first-order valence-corrected chi connectivity index (χ1v) is 14.6. The summed E-state index contributed by atoms with van der Waals surface area (Å²) in [6, 6.07) is -0.997. The van der Waals surface area contributed by atoms with E-state index < -0.39 is 47.2 Å². The lowest BCUT2D eigenvalue weighted by molar-refractivity contribution is -0.668. The first-order valence-electron chi connectivity index (χ1n) is 11.7. The third kappa shape index (κ3) is 5.88. The van der Waals surface area contributed by atoms with Crippen molar-refractivity contribution in [1.29, 1.82) is 0 Å². The molecule has 3 atom stereocenters. The van der Waals surface area contributed by atoms with Crippen LogP contribution >= 0.6 is 34.9 Å². The Morgan fingerprint density at radius 3 is 2.73 bits per heavy atom. The lowest BCUT2D eigenvalue weighted by Gasteiger charge is -2.55. The molecule has 2 aromatic rings. The monoisotopic (exact) mass is 626 g/mol. The van der Waals surface area contributed by atoms with E-state index >= 15 is 0 Å². The molecule has 2 aliphatic rings. The number of carboxylic acids is 2. The highest BCUT2D eigenvalue weighted by atomic mass is 32.2. The second-order valence-electron chi connectivity index (χ2n) is 9.03. The molecule has 17 nitrogen and oxygen atoms in total. The van der Waals surface area contributed by atoms with Crippen LogP contribution < -0.4 is 37.7 Å². The van der Waals surface area contributed by atoms with Gasteiger partial charge in [0.15, 0.2) is 10.8 Å². The Kier molecular flexibility index (Phi) is 8.63. The van der Waals surface area contributed by atoms with Crippen LogP contribution in [-0.4, -0.2) is 92.6 Å². The van der Waals surface area contributed by atoms with Crippen molar-refractivity contribution in [3.8, 4) is 0 Å². The lowest BCUT2D eigenvalue weighted by atomic mass is 9.89. The fraction of sp³-hybridized carbons (Fsp3) is 0.429. The summed E-state index contributed by atoms with van der Waals surface area (Å²) < 4.78 is 1.27. The van der Waals surface area contributed by atoms with E-state index in [-0.39, 0.29) is 45.6 Å². The van der Waals surface area contributed by atoms with E-state index in [9.17, 15) is 24.3 Å². The fourth-order valence-corrected chi connectivity index (χ4v) is 7.43. The van der Waals surface area contributed by atoms with Gasteiger partial charge in [-0.15, -0.1) is 27.8 Å². The van der Waals surface area contributed by atoms with Gasteiger partial charge in [0.05, 0.1) is 11.5 Å². The van der Waals surface area contributed by atoms with Gasteiger partial charge in [0, 0.05) is 35.9 Å². The summed E-state index contributed by atoms with van der Waals surface area (Å²) in [7, 11) is 1.66. The number of aromatic nitrogens is 3. The lowest BCUT2D eigenvalue weighted by Crippen LogP contribution is -2.75. The van der Waals surface area contributed by atoms with Crippen LogP contribution in [-0.2, 0) is 24.0 Å². The number of amides is 2. The number of carboxylic acid groups (broad SMARTS) is 2. The molecule has 0 aliphatic carbocycles. The van der Waals surface area contributed by atoms with Crippen molar-refractivity contribution in [2.45, 2.75) is 23.5 Å². The zero-order chi connectivity index (χ0) is 30.1. The normalized spacial score (nSPS) is 22.0. The molecule has 4 rings (SSSR count). The zero-order valence-electron chi connectivity index (χ0n) is 21.7. The molecule has 2 aliphatic heterocycles. The van der Waals surface area contributed by atoms with Crippen LogP contribution in [0.4, 0.5) is 16.8 Å². The average Bonchev–Trinajstić information content (AvgIpc) is 3.36. The van der Waals surface area contributed by atoms with Gasteiger partial charge in [0.1, 0.15) is 17.1 Å². The number of β-lactam (4-membered cyclic amide) rings is 1. The fourth-order valence-electron chi connectivity index (χ4n) is 4.11. The first kappa shape index (κ1) is 29.9. The Labute approximate surface area is 244 Å². The summed E-state index contributed by atoms with van der Waals surface area (Å²) in [6.07, 6.45) is 0. The van der Waals surface area contributed by atoms with Gasteiger partial charge in [0.25, 0.3) is 11.7 Å². The maximum atomic E-state index is 13.0. The predicted octanol–water partition coefficient (Wildman–Crippen LogP) is -3.21. The second-order valence-corrected chi connectivity index (χ2v) is 12.0. The van der Waals surface area contributed by atoms with Crippen LogP contribution in [0.3, 0.4) is 0 Å². The van der Waals surface area contributed by atoms with Crippen LogP contribution in [0.5, 0.6) is 0 Å². The average molecular weight is 627 g/mol. The van der Waals surface area contributed by atoms with Gasteiger partial charge in [-0.25, -0.2) is 9.78 Å². The molecule has 0 spiro atoms. The van der Waals surface area contributed by atoms with E-state index in [2.05, 4.69) is 25.8 Å². The van der Waals surface area contributed by atoms with Gasteiger partial charge < -0.3 is 46.8 Å². The number of anilines is 3. The topological polar surface area (TPSA) is 268 Å². The Balaban J connectivity index is 1.46. The molecular weight excluding hydrogens is 600 g/mol. The van der Waals surface area contributed by atoms with Crippen molar-refractivity contribution in [2.24, 2.45) is 10.6 Å². The molecule has 0 saturated carbocycles. The molecule has 4 heterocycles. The number of thiazole rings is 1. The van der Waals surface area contributed by atoms with E-state index in [0.29, 0.717) is 11.4 Å². The Morgan fingerprint density at radius 1 is 1.39 bits per heavy atom. The molecule has 20 heteroatoms. The molecule has 2 fully saturated rings. The number of hydrogen-bond donors (Lipinski definition) is 6. The van der Waals surface area contributed by atoms with Gasteiger partial charge >= 0.3 is 11.1 Å². The number of thioether (sulfide) groups is 2. The minimum absolute atomic E-state index is 0.0192. The van der Waals surface area contributed by atoms with Crippen molar-refractivity contribution >= 4 is 81.1 Å². The highest BCUT2D eigenvalue weighted by Gasteiger charge is 2.56. The van der Waals surface area contributed by atoms with Crippen LogP contribution in [0, 0.1) is 12.3 Å². The summed E-state index contributed by atoms with van der Waals surface area (Å²) in [5.74, 6) is 2.91. The van der Waals surface area contributed by atoms with Gasteiger partial charge in [-0.1, -0.05) is 10.1 Å². The number of nitrogens with two attached hydrogens (primary N) is 3. The third-order valence-electron chi connectivity index (χ3n) is 6.30. The molecule has 0 bridgehead atoms. The molecular formula is C21H26N10O7S3. The molecule has 0 aromatic carbocycles. The van der Waals surface area contributed by atoms with Crippen molar-refractivity contribution in [2.75, 3.05) is 54.3 Å². The highest BCUT2D eigenvalue weighted by Crippen LogP contribution is 2.44. The Bertz CT molecular complexity index is 1440. The number of fused-ring (bicyclic) bond motifs is 1. The van der Waals surface area contributed by atoms with E-state index in [4.69, 9.17) is 27.3 Å². The van der Waals surface area contributed by atoms with E-state index in [0.717, 1.165) is 23.1 Å². The standard InChI is InChI=1S/C21H26N10O7S3/c1-8-13(22)28-20(31(24)14(8)25-2)41-7-21(18(36)37)5-30-16(35)12(17(30)40-6-21)27-15(34)11(29-38-3-10(32)33)9-4-39-19(23)26-9/h4,12,17H,3,5-7,24H2,1-2H3,(H7,22,23,25,26,27,32,33,34,36,37)/t12?,17-,21?/m1/s1. The molecule has 2 saturated heterocycles. The zero-order valence-corrected chi connectivity index (χ0v) is 24.1. The number of nitrogens with zero attached hydrogens (tertiary/aromatic N) is 5. The largest absolute Gasteiger partial charge is 0.549 e. The minimum atomic E-state index is -1.44. The molecule has 9 N–H and O–H groups in total. The predicted molar refractivity (Wildman–Crippen MR) is 148 cm³/mol. The quantitative estimate of drug-likeness (QED) is 0.0272. The van der Waals surface area contributed by atoms with Gasteiger partial charge in [-0.05, 0) is 18.7 Å². The van der Waals surface area contributed by atoms with Crippen LogP contribution in [0.25, 0.3) is 0 Å². The number of carbonyl (C=O) groups is 4. The molecule has 2 amide bonds. The molecule has 2 unspecified atom stereocenters. The van der Waals surface area contributed by atoms with Crippen LogP contribution in [0.15, 0.2) is 15.7 Å². The van der Waals surface area contributed by atoms with Gasteiger partial charge in [0.2, 0.25) is 18.3 Å². The number of nitrogens with one attached hydrogen (secondary N) is 2. The number of nitrogen functional groups attached to an aromatic ring is 3. The number of rotatable bonds is 11. The minimum Gasteiger partial charge on any atom is -0.549 e. The summed E-state index contributed by atoms with van der Waals surface area (Å²) in [5.41, 5.74) is 10.5. The number of aliphatic carboxylic acids is 2. The summed E-state index contributed by atoms with van der Waals surface area (Å²) in [4.78, 5) is 63.5. The maximum absolute atomic E-state index is 13.0. The highest BCUT2D eigenvalue weighted by molar-refractivity contribution is 8.00. The van der Waals surface area contributed by atoms with Crippen molar-refractivity contribution in [1.82, 2.24) is 20.2 Å². The summed E-state index contributed by atoms with van der Waals surface area (Å²) in [5, 5.41) is 31.5. The Hall–Kier alpha value is -4.04. The number of oxime groups is 1. The third-order valence-corrected chi connectivity index (χ3v) is 9.81. The summed E-state index contributed by atoms with van der Waals surface area (Å²) in [6.45, 7) is 0.766. The molecule has 220 valence electrons.